The van der Waals surface area contributed by atoms with Crippen molar-refractivity contribution in [3.63, 3.8) is 0 Å². The molecule has 134 valence electrons. The molecule has 3 rings (SSSR count). The molecule has 0 fully saturated rings. The number of nitrogens with zero attached hydrogens (tertiary/aromatic N) is 2. The van der Waals surface area contributed by atoms with Gasteiger partial charge in [0.1, 0.15) is 11.5 Å². The van der Waals surface area contributed by atoms with Gasteiger partial charge in [-0.25, -0.2) is 0 Å². The van der Waals surface area contributed by atoms with Crippen molar-refractivity contribution in [3.8, 4) is 11.1 Å². The van der Waals surface area contributed by atoms with Gasteiger partial charge in [-0.2, -0.15) is 5.10 Å². The average Bonchev–Trinajstić information content (AvgIpc) is 2.96. The van der Waals surface area contributed by atoms with Crippen LogP contribution < -0.4 is 11.1 Å². The molecule has 7 nitrogen and oxygen atoms in total. The van der Waals surface area contributed by atoms with E-state index in [9.17, 15) is 4.79 Å². The molecule has 0 bridgehead atoms. The molecular weight excluding hydrogens is 328 g/mol. The zero-order valence-corrected chi connectivity index (χ0v) is 15.1. The van der Waals surface area contributed by atoms with Crippen LogP contribution in [-0.2, 0) is 4.79 Å². The van der Waals surface area contributed by atoms with E-state index in [0.29, 0.717) is 17.8 Å². The predicted molar refractivity (Wildman–Crippen MR) is 103 cm³/mol. The molecule has 1 amide bonds. The lowest BCUT2D eigenvalue weighted by Gasteiger charge is -2.17. The van der Waals surface area contributed by atoms with Gasteiger partial charge in [-0.05, 0) is 29.2 Å². The number of fused-ring (bicyclic) bond motifs is 1. The summed E-state index contributed by atoms with van der Waals surface area (Å²) < 4.78 is 0. The Morgan fingerprint density at radius 2 is 2.00 bits per heavy atom. The first-order chi connectivity index (χ1) is 12.2. The fraction of sp³-hybridized carbons (Fsp3) is 0.263. The summed E-state index contributed by atoms with van der Waals surface area (Å²) in [5.41, 5.74) is 9.14. The molecule has 0 spiro atoms. The molecule has 7 heteroatoms. The Morgan fingerprint density at radius 1 is 1.23 bits per heavy atom. The Kier molecular flexibility index (Phi) is 4.46. The van der Waals surface area contributed by atoms with E-state index < -0.39 is 0 Å². The van der Waals surface area contributed by atoms with E-state index in [4.69, 9.17) is 11.1 Å². The highest BCUT2D eigenvalue weighted by Crippen LogP contribution is 2.27. The lowest BCUT2D eigenvalue weighted by molar-refractivity contribution is -0.117. The van der Waals surface area contributed by atoms with Crippen molar-refractivity contribution in [2.45, 2.75) is 27.2 Å². The summed E-state index contributed by atoms with van der Waals surface area (Å²) in [6.45, 7) is 6.07. The molecule has 0 atom stereocenters. The first kappa shape index (κ1) is 17.6. The van der Waals surface area contributed by atoms with Gasteiger partial charge in [-0.3, -0.25) is 20.3 Å². The van der Waals surface area contributed by atoms with E-state index in [-0.39, 0.29) is 17.2 Å². The van der Waals surface area contributed by atoms with Crippen molar-refractivity contribution in [3.05, 3.63) is 42.4 Å². The van der Waals surface area contributed by atoms with E-state index in [2.05, 4.69) is 20.5 Å². The molecule has 0 unspecified atom stereocenters. The van der Waals surface area contributed by atoms with E-state index in [1.807, 2.05) is 45.0 Å². The first-order valence-corrected chi connectivity index (χ1v) is 8.31. The maximum absolute atomic E-state index is 12.1. The smallest absolute Gasteiger partial charge is 0.224 e. The number of aromatic nitrogens is 3. The average molecular weight is 350 g/mol. The fourth-order valence-corrected chi connectivity index (χ4v) is 2.75. The number of aromatic amines is 1. The number of carbonyl (C=O) groups is 1. The summed E-state index contributed by atoms with van der Waals surface area (Å²) in [6, 6.07) is 7.60. The first-order valence-electron chi connectivity index (χ1n) is 8.31. The van der Waals surface area contributed by atoms with Gasteiger partial charge < -0.3 is 11.1 Å². The normalized spacial score (nSPS) is 11.5. The number of H-pyrrole nitrogens is 1. The summed E-state index contributed by atoms with van der Waals surface area (Å²) in [7, 11) is 0. The summed E-state index contributed by atoms with van der Waals surface area (Å²) in [5, 5.41) is 18.2. The van der Waals surface area contributed by atoms with Crippen molar-refractivity contribution in [1.82, 2.24) is 15.2 Å². The molecular formula is C19H22N6O. The van der Waals surface area contributed by atoms with Crippen LogP contribution in [0.15, 0.2) is 36.7 Å². The van der Waals surface area contributed by atoms with Crippen molar-refractivity contribution in [2.24, 2.45) is 11.1 Å². The Balaban J connectivity index is 1.90. The number of carbonyl (C=O) groups excluding carboxylic acids is 1. The largest absolute Gasteiger partial charge is 0.382 e. The number of rotatable bonds is 4. The quantitative estimate of drug-likeness (QED) is 0.426. The van der Waals surface area contributed by atoms with E-state index in [1.54, 1.807) is 12.4 Å². The van der Waals surface area contributed by atoms with Crippen LogP contribution in [0.5, 0.6) is 0 Å². The monoisotopic (exact) mass is 350 g/mol. The number of pyridine rings is 1. The summed E-state index contributed by atoms with van der Waals surface area (Å²) in [5.74, 6) is -0.129. The number of hydrogen-bond acceptors (Lipinski definition) is 4. The summed E-state index contributed by atoms with van der Waals surface area (Å²) >= 11 is 0. The lowest BCUT2D eigenvalue weighted by atomic mass is 9.92. The second-order valence-corrected chi connectivity index (χ2v) is 7.49. The SMILES string of the molecule is CC(C)(C)CC(=O)Nc1cncc(-c2ccc3[nH]nc(C(=N)N)c3c2)c1. The van der Waals surface area contributed by atoms with Gasteiger partial charge in [0.2, 0.25) is 5.91 Å². The van der Waals surface area contributed by atoms with E-state index in [0.717, 1.165) is 22.0 Å². The number of amides is 1. The lowest BCUT2D eigenvalue weighted by Crippen LogP contribution is -2.19. The highest BCUT2D eigenvalue weighted by Gasteiger charge is 2.16. The standard InChI is InChI=1S/C19H22N6O/c1-19(2,3)8-16(26)23-13-6-12(9-22-10-13)11-4-5-15-14(7-11)17(18(20)21)25-24-15/h4-7,9-10H,8H2,1-3H3,(H3,20,21)(H,23,26)(H,24,25). The van der Waals surface area contributed by atoms with Crippen LogP contribution in [-0.4, -0.2) is 26.9 Å². The van der Waals surface area contributed by atoms with Crippen molar-refractivity contribution in [1.29, 1.82) is 5.41 Å². The Bertz CT molecular complexity index is 983. The number of hydrogen-bond donors (Lipinski definition) is 4. The molecule has 0 aliphatic carbocycles. The van der Waals surface area contributed by atoms with Crippen molar-refractivity contribution >= 4 is 28.3 Å². The third-order valence-corrected chi connectivity index (χ3v) is 3.86. The molecule has 2 aromatic heterocycles. The van der Waals surface area contributed by atoms with Crippen LogP contribution >= 0.6 is 0 Å². The highest BCUT2D eigenvalue weighted by atomic mass is 16.1. The topological polar surface area (TPSA) is 121 Å². The van der Waals surface area contributed by atoms with Crippen LogP contribution in [0.1, 0.15) is 32.9 Å². The second kappa shape index (κ2) is 6.59. The molecule has 3 aromatic rings. The van der Waals surface area contributed by atoms with Gasteiger partial charge in [0, 0.05) is 23.6 Å². The van der Waals surface area contributed by atoms with Crippen LogP contribution in [0.4, 0.5) is 5.69 Å². The van der Waals surface area contributed by atoms with Gasteiger partial charge in [0.05, 0.1) is 17.4 Å². The molecule has 0 radical (unpaired) electrons. The fourth-order valence-electron chi connectivity index (χ4n) is 2.75. The third-order valence-electron chi connectivity index (χ3n) is 3.86. The Labute approximate surface area is 151 Å². The summed E-state index contributed by atoms with van der Waals surface area (Å²) in [4.78, 5) is 16.4. The number of nitrogens with one attached hydrogen (secondary N) is 3. The maximum atomic E-state index is 12.1. The van der Waals surface area contributed by atoms with Crippen LogP contribution in [0.2, 0.25) is 0 Å². The Morgan fingerprint density at radius 3 is 2.69 bits per heavy atom. The minimum atomic E-state index is -0.0882. The maximum Gasteiger partial charge on any atom is 0.224 e. The third kappa shape index (κ3) is 3.88. The van der Waals surface area contributed by atoms with E-state index >= 15 is 0 Å². The zero-order valence-electron chi connectivity index (χ0n) is 15.1. The Hall–Kier alpha value is -3.22. The minimum Gasteiger partial charge on any atom is -0.382 e. The number of amidine groups is 1. The van der Waals surface area contributed by atoms with Crippen molar-refractivity contribution in [2.75, 3.05) is 5.32 Å². The number of benzene rings is 1. The van der Waals surface area contributed by atoms with Gasteiger partial charge in [-0.15, -0.1) is 0 Å². The van der Waals surface area contributed by atoms with E-state index in [1.165, 1.54) is 0 Å². The van der Waals surface area contributed by atoms with Crippen LogP contribution in [0.25, 0.3) is 22.0 Å². The molecule has 2 heterocycles. The molecule has 0 aliphatic heterocycles. The molecule has 1 aromatic carbocycles. The van der Waals surface area contributed by atoms with Crippen molar-refractivity contribution < 1.29 is 4.79 Å². The number of nitrogen functional groups attached to an aromatic ring is 1. The van der Waals surface area contributed by atoms with Crippen LogP contribution in [0, 0.1) is 10.8 Å². The second-order valence-electron chi connectivity index (χ2n) is 7.49. The van der Waals surface area contributed by atoms with Gasteiger partial charge in [-0.1, -0.05) is 26.8 Å². The highest BCUT2D eigenvalue weighted by molar-refractivity contribution is 6.06. The molecule has 0 aliphatic rings. The van der Waals surface area contributed by atoms with Crippen LogP contribution in [0.3, 0.4) is 0 Å². The van der Waals surface area contributed by atoms with Gasteiger partial charge in [0.25, 0.3) is 0 Å². The molecule has 0 saturated carbocycles. The number of anilines is 1. The molecule has 5 N–H and O–H groups in total. The van der Waals surface area contributed by atoms with Gasteiger partial charge in [0.15, 0.2) is 0 Å². The molecule has 0 saturated heterocycles. The zero-order chi connectivity index (χ0) is 18.9. The van der Waals surface area contributed by atoms with Gasteiger partial charge >= 0.3 is 0 Å². The summed E-state index contributed by atoms with van der Waals surface area (Å²) in [6.07, 6.45) is 3.79. The minimum absolute atomic E-state index is 0.0411. The number of nitrogens with two attached hydrogens (primary N) is 1. The molecule has 26 heavy (non-hydrogen) atoms. The predicted octanol–water partition coefficient (Wildman–Crippen LogP) is 3.28.